The molecular weight excluding hydrogens is 244 g/mol. The van der Waals surface area contributed by atoms with E-state index in [-0.39, 0.29) is 5.57 Å². The van der Waals surface area contributed by atoms with Gasteiger partial charge in [0.2, 0.25) is 0 Å². The van der Waals surface area contributed by atoms with Crippen molar-refractivity contribution in [3.63, 3.8) is 0 Å². The van der Waals surface area contributed by atoms with Crippen LogP contribution in [0.1, 0.15) is 25.0 Å². The molecule has 0 aliphatic heterocycles. The summed E-state index contributed by atoms with van der Waals surface area (Å²) in [6.45, 7) is 8.23. The second kappa shape index (κ2) is 5.83. The lowest BCUT2D eigenvalue weighted by Crippen LogP contribution is -2.15. The van der Waals surface area contributed by atoms with Crippen molar-refractivity contribution in [1.29, 1.82) is 0 Å². The number of halogens is 2. The number of rotatable bonds is 4. The topological polar surface area (TPSA) is 26.0 Å². The van der Waals surface area contributed by atoms with E-state index in [0.29, 0.717) is 16.8 Å². The van der Waals surface area contributed by atoms with Crippen molar-refractivity contribution in [2.75, 3.05) is 0 Å². The third kappa shape index (κ3) is 4.36. The first kappa shape index (κ1) is 15.2. The zero-order valence-corrected chi connectivity index (χ0v) is 11.5. The van der Waals surface area contributed by atoms with Crippen LogP contribution in [-0.2, 0) is 0 Å². The number of allylic oxidation sites excluding steroid dienone is 5. The van der Waals surface area contributed by atoms with Crippen LogP contribution >= 0.6 is 0 Å². The van der Waals surface area contributed by atoms with Gasteiger partial charge in [0.15, 0.2) is 0 Å². The van der Waals surface area contributed by atoms with E-state index < -0.39 is 5.92 Å². The Labute approximate surface area is 113 Å². The SMILES string of the molecule is C=C(/C(=C\C=C(/C)N)C(C)(F)F)c1ccc(C)cc1. The molecule has 0 spiro atoms. The van der Waals surface area contributed by atoms with Crippen LogP contribution < -0.4 is 5.73 Å². The van der Waals surface area contributed by atoms with Crippen LogP contribution in [0.3, 0.4) is 0 Å². The van der Waals surface area contributed by atoms with E-state index in [1.54, 1.807) is 19.1 Å². The number of nitrogens with two attached hydrogens (primary N) is 1. The molecule has 0 amide bonds. The number of alkyl halides is 2. The highest BCUT2D eigenvalue weighted by atomic mass is 19.3. The Hall–Kier alpha value is -1.90. The molecule has 0 bridgehead atoms. The van der Waals surface area contributed by atoms with Crippen LogP contribution in [0.25, 0.3) is 5.57 Å². The van der Waals surface area contributed by atoms with Gasteiger partial charge in [0, 0.05) is 18.2 Å². The van der Waals surface area contributed by atoms with E-state index in [0.717, 1.165) is 12.5 Å². The fourth-order valence-electron chi connectivity index (χ4n) is 1.64. The summed E-state index contributed by atoms with van der Waals surface area (Å²) in [6, 6.07) is 7.32. The van der Waals surface area contributed by atoms with Gasteiger partial charge in [-0.15, -0.1) is 0 Å². The van der Waals surface area contributed by atoms with Crippen molar-refractivity contribution >= 4 is 5.57 Å². The Morgan fingerprint density at radius 3 is 2.16 bits per heavy atom. The molecule has 2 N–H and O–H groups in total. The molecule has 0 unspecified atom stereocenters. The molecular formula is C16H19F2N. The fraction of sp³-hybridized carbons (Fsp3) is 0.250. The van der Waals surface area contributed by atoms with E-state index >= 15 is 0 Å². The zero-order valence-electron chi connectivity index (χ0n) is 11.5. The monoisotopic (exact) mass is 263 g/mol. The molecule has 0 aromatic heterocycles. The standard InChI is InChI=1S/C16H19F2N/c1-11-5-8-14(9-6-11)13(3)15(16(4,17)18)10-7-12(2)19/h5-10H,3,19H2,1-2,4H3/b12-7+,15-10+. The molecule has 0 aliphatic rings. The van der Waals surface area contributed by atoms with E-state index in [4.69, 9.17) is 5.73 Å². The molecule has 1 aromatic carbocycles. The molecule has 0 heterocycles. The first-order valence-corrected chi connectivity index (χ1v) is 6.00. The first-order valence-electron chi connectivity index (χ1n) is 6.00. The first-order chi connectivity index (χ1) is 8.71. The highest BCUT2D eigenvalue weighted by Gasteiger charge is 2.29. The maximum Gasteiger partial charge on any atom is 0.271 e. The largest absolute Gasteiger partial charge is 0.402 e. The molecule has 0 atom stereocenters. The Bertz CT molecular complexity index is 513. The number of hydrogen-bond acceptors (Lipinski definition) is 1. The molecule has 1 rings (SSSR count). The maximum absolute atomic E-state index is 13.7. The minimum Gasteiger partial charge on any atom is -0.402 e. The smallest absolute Gasteiger partial charge is 0.271 e. The van der Waals surface area contributed by atoms with Crippen LogP contribution in [-0.4, -0.2) is 5.92 Å². The van der Waals surface area contributed by atoms with Gasteiger partial charge in [-0.1, -0.05) is 42.5 Å². The molecule has 1 aromatic rings. The second-order valence-electron chi connectivity index (χ2n) is 4.72. The summed E-state index contributed by atoms with van der Waals surface area (Å²) >= 11 is 0. The van der Waals surface area contributed by atoms with Gasteiger partial charge in [0.1, 0.15) is 0 Å². The van der Waals surface area contributed by atoms with Gasteiger partial charge < -0.3 is 5.73 Å². The Balaban J connectivity index is 3.19. The molecule has 19 heavy (non-hydrogen) atoms. The molecule has 0 aliphatic carbocycles. The van der Waals surface area contributed by atoms with Gasteiger partial charge in [0.25, 0.3) is 5.92 Å². The summed E-state index contributed by atoms with van der Waals surface area (Å²) in [4.78, 5) is 0. The van der Waals surface area contributed by atoms with E-state index in [9.17, 15) is 8.78 Å². The van der Waals surface area contributed by atoms with E-state index in [2.05, 4.69) is 6.58 Å². The van der Waals surface area contributed by atoms with Crippen molar-refractivity contribution in [3.05, 3.63) is 65.4 Å². The summed E-state index contributed by atoms with van der Waals surface area (Å²) in [5.41, 5.74) is 7.90. The van der Waals surface area contributed by atoms with Crippen LogP contribution in [0.2, 0.25) is 0 Å². The molecule has 0 fully saturated rings. The predicted octanol–water partition coefficient (Wildman–Crippen LogP) is 4.45. The minimum atomic E-state index is -2.96. The van der Waals surface area contributed by atoms with Gasteiger partial charge in [-0.05, 0) is 31.1 Å². The number of aryl methyl sites for hydroxylation is 1. The number of hydrogen-bond donors (Lipinski definition) is 1. The summed E-state index contributed by atoms with van der Waals surface area (Å²) in [7, 11) is 0. The van der Waals surface area contributed by atoms with Crippen molar-refractivity contribution in [3.8, 4) is 0 Å². The predicted molar refractivity (Wildman–Crippen MR) is 76.9 cm³/mol. The Kier molecular flexibility index (Phi) is 4.65. The average Bonchev–Trinajstić information content (AvgIpc) is 2.27. The van der Waals surface area contributed by atoms with Gasteiger partial charge in [-0.3, -0.25) is 0 Å². The molecule has 0 saturated heterocycles. The van der Waals surface area contributed by atoms with Crippen molar-refractivity contribution < 1.29 is 8.78 Å². The van der Waals surface area contributed by atoms with Crippen molar-refractivity contribution in [1.82, 2.24) is 0 Å². The summed E-state index contributed by atoms with van der Waals surface area (Å²) in [6.07, 6.45) is 2.80. The van der Waals surface area contributed by atoms with Crippen LogP contribution in [0.5, 0.6) is 0 Å². The molecule has 3 heteroatoms. The van der Waals surface area contributed by atoms with E-state index in [1.165, 1.54) is 12.2 Å². The highest BCUT2D eigenvalue weighted by molar-refractivity contribution is 5.79. The van der Waals surface area contributed by atoms with Crippen molar-refractivity contribution in [2.45, 2.75) is 26.7 Å². The average molecular weight is 263 g/mol. The highest BCUT2D eigenvalue weighted by Crippen LogP contribution is 2.34. The minimum absolute atomic E-state index is 0.124. The van der Waals surface area contributed by atoms with Crippen LogP contribution in [0.15, 0.2) is 54.3 Å². The summed E-state index contributed by atoms with van der Waals surface area (Å²) in [5, 5.41) is 0. The van der Waals surface area contributed by atoms with Crippen LogP contribution in [0, 0.1) is 6.92 Å². The van der Waals surface area contributed by atoms with E-state index in [1.807, 2.05) is 19.1 Å². The lowest BCUT2D eigenvalue weighted by molar-refractivity contribution is 0.0689. The Morgan fingerprint density at radius 1 is 1.21 bits per heavy atom. The molecule has 1 nitrogen and oxygen atoms in total. The van der Waals surface area contributed by atoms with Crippen molar-refractivity contribution in [2.24, 2.45) is 5.73 Å². The second-order valence-corrected chi connectivity index (χ2v) is 4.72. The van der Waals surface area contributed by atoms with Crippen LogP contribution in [0.4, 0.5) is 8.78 Å². The third-order valence-electron chi connectivity index (χ3n) is 2.71. The summed E-state index contributed by atoms with van der Waals surface area (Å²) < 4.78 is 27.3. The lowest BCUT2D eigenvalue weighted by Gasteiger charge is -2.18. The third-order valence-corrected chi connectivity index (χ3v) is 2.71. The molecule has 102 valence electrons. The number of benzene rings is 1. The summed E-state index contributed by atoms with van der Waals surface area (Å²) in [5.74, 6) is -2.96. The van der Waals surface area contributed by atoms with Gasteiger partial charge in [0.05, 0.1) is 0 Å². The normalized spacial score (nSPS) is 13.5. The fourth-order valence-corrected chi connectivity index (χ4v) is 1.64. The van der Waals surface area contributed by atoms with Gasteiger partial charge >= 0.3 is 0 Å². The van der Waals surface area contributed by atoms with Gasteiger partial charge in [-0.25, -0.2) is 8.78 Å². The van der Waals surface area contributed by atoms with Gasteiger partial charge in [-0.2, -0.15) is 0 Å². The maximum atomic E-state index is 13.7. The lowest BCUT2D eigenvalue weighted by atomic mass is 9.94. The molecule has 0 saturated carbocycles. The zero-order chi connectivity index (χ0) is 14.6. The Morgan fingerprint density at radius 2 is 1.74 bits per heavy atom. The molecule has 0 radical (unpaired) electrons. The quantitative estimate of drug-likeness (QED) is 0.798.